The van der Waals surface area contributed by atoms with E-state index in [1.54, 1.807) is 0 Å². The fourth-order valence-corrected chi connectivity index (χ4v) is 3.96. The van der Waals surface area contributed by atoms with Crippen molar-refractivity contribution in [1.29, 1.82) is 0 Å². The van der Waals surface area contributed by atoms with Crippen molar-refractivity contribution in [3.63, 3.8) is 0 Å². The number of ether oxygens (including phenoxy) is 1. The van der Waals surface area contributed by atoms with E-state index < -0.39 is 0 Å². The van der Waals surface area contributed by atoms with Crippen molar-refractivity contribution < 1.29 is 14.6 Å². The number of aliphatic imine (C=N–C) groups is 1. The first-order chi connectivity index (χ1) is 12.7. The predicted molar refractivity (Wildman–Crippen MR) is 96.2 cm³/mol. The Morgan fingerprint density at radius 3 is 2.88 bits per heavy atom. The molecule has 1 fully saturated rings. The summed E-state index contributed by atoms with van der Waals surface area (Å²) in [7, 11) is 0. The Hall–Kier alpha value is -2.53. The topological polar surface area (TPSA) is 71.8 Å². The number of carbonyl (C=O) groups is 1. The molecule has 0 bridgehead atoms. The van der Waals surface area contributed by atoms with Crippen LogP contribution in [0.4, 0.5) is 0 Å². The highest BCUT2D eigenvalue weighted by molar-refractivity contribution is 6.15. The third-order valence-electron chi connectivity index (χ3n) is 5.42. The molecule has 0 spiro atoms. The zero-order valence-electron chi connectivity index (χ0n) is 14.4. The Morgan fingerprint density at radius 2 is 2.08 bits per heavy atom. The predicted octanol–water partition coefficient (Wildman–Crippen LogP) is 2.83. The second-order valence-electron chi connectivity index (χ2n) is 7.28. The zero-order chi connectivity index (χ0) is 17.7. The van der Waals surface area contributed by atoms with Crippen molar-refractivity contribution in [2.75, 3.05) is 6.61 Å². The maximum Gasteiger partial charge on any atom is 0.310 e. The van der Waals surface area contributed by atoms with E-state index in [-0.39, 0.29) is 18.7 Å². The second kappa shape index (κ2) is 6.02. The lowest BCUT2D eigenvalue weighted by atomic mass is 9.89. The Labute approximate surface area is 151 Å². The van der Waals surface area contributed by atoms with Crippen LogP contribution in [-0.4, -0.2) is 28.4 Å². The molecular weight excluding hydrogens is 328 g/mol. The quantitative estimate of drug-likeness (QED) is 0.863. The van der Waals surface area contributed by atoms with Gasteiger partial charge in [0, 0.05) is 42.0 Å². The lowest BCUT2D eigenvalue weighted by molar-refractivity contribution is -0.151. The van der Waals surface area contributed by atoms with Gasteiger partial charge in [-0.3, -0.25) is 14.8 Å². The number of pyridine rings is 1. The van der Waals surface area contributed by atoms with Crippen LogP contribution in [0, 0.1) is 0 Å². The first-order valence-corrected chi connectivity index (χ1v) is 9.20. The maximum absolute atomic E-state index is 11.9. The van der Waals surface area contributed by atoms with Crippen molar-refractivity contribution in [1.82, 2.24) is 4.98 Å². The molecule has 1 aromatic heterocycles. The third-order valence-corrected chi connectivity index (χ3v) is 5.42. The minimum Gasteiger partial charge on any atom is -0.457 e. The minimum absolute atomic E-state index is 0.00940. The van der Waals surface area contributed by atoms with E-state index >= 15 is 0 Å². The molecule has 3 aliphatic rings. The van der Waals surface area contributed by atoms with Gasteiger partial charge in [0.2, 0.25) is 0 Å². The van der Waals surface area contributed by atoms with Crippen LogP contribution in [-0.2, 0) is 22.5 Å². The summed E-state index contributed by atoms with van der Waals surface area (Å²) < 4.78 is 5.46. The van der Waals surface area contributed by atoms with E-state index in [0.717, 1.165) is 39.2 Å². The molecular formula is C21H20N2O3. The number of benzene rings is 1. The number of nitrogens with zero attached hydrogens (tertiary/aromatic N) is 2. The van der Waals surface area contributed by atoms with Crippen LogP contribution in [0.25, 0.3) is 0 Å². The van der Waals surface area contributed by atoms with Gasteiger partial charge >= 0.3 is 5.97 Å². The van der Waals surface area contributed by atoms with Crippen LogP contribution in [0.1, 0.15) is 64.8 Å². The van der Waals surface area contributed by atoms with E-state index in [1.165, 1.54) is 12.8 Å². The molecule has 1 saturated carbocycles. The molecule has 5 nitrogen and oxygen atoms in total. The van der Waals surface area contributed by atoms with E-state index in [0.29, 0.717) is 25.3 Å². The van der Waals surface area contributed by atoms with Crippen molar-refractivity contribution in [2.45, 2.75) is 44.2 Å². The molecule has 0 saturated heterocycles. The number of aromatic nitrogens is 1. The normalized spacial score (nSPS) is 21.0. The fourth-order valence-electron chi connectivity index (χ4n) is 3.96. The summed E-state index contributed by atoms with van der Waals surface area (Å²) in [5.74, 6) is 0.381. The second-order valence-corrected chi connectivity index (χ2v) is 7.28. The lowest BCUT2D eigenvalue weighted by Gasteiger charge is -2.26. The smallest absolute Gasteiger partial charge is 0.310 e. The Morgan fingerprint density at radius 1 is 1.19 bits per heavy atom. The van der Waals surface area contributed by atoms with E-state index in [1.807, 2.05) is 12.3 Å². The molecule has 1 N–H and O–H groups in total. The third kappa shape index (κ3) is 2.63. The van der Waals surface area contributed by atoms with Crippen LogP contribution in [0.5, 0.6) is 0 Å². The lowest BCUT2D eigenvalue weighted by Crippen LogP contribution is -2.23. The van der Waals surface area contributed by atoms with Gasteiger partial charge in [-0.2, -0.15) is 0 Å². The highest BCUT2D eigenvalue weighted by Gasteiger charge is 2.30. The van der Waals surface area contributed by atoms with Crippen molar-refractivity contribution in [3.8, 4) is 0 Å². The molecule has 0 radical (unpaired) electrons. The molecule has 26 heavy (non-hydrogen) atoms. The van der Waals surface area contributed by atoms with Gasteiger partial charge in [0.15, 0.2) is 0 Å². The maximum atomic E-state index is 11.9. The Bertz CT molecular complexity index is 931. The van der Waals surface area contributed by atoms with E-state index in [4.69, 9.17) is 9.73 Å². The van der Waals surface area contributed by atoms with Gasteiger partial charge in [-0.1, -0.05) is 6.07 Å². The van der Waals surface area contributed by atoms with Crippen LogP contribution >= 0.6 is 0 Å². The molecule has 5 rings (SSSR count). The summed E-state index contributed by atoms with van der Waals surface area (Å²) in [5.41, 5.74) is 7.52. The monoisotopic (exact) mass is 348 g/mol. The van der Waals surface area contributed by atoms with Crippen molar-refractivity contribution in [3.05, 3.63) is 64.0 Å². The molecule has 0 amide bonds. The number of carbonyl (C=O) groups excluding carboxylic acids is 1. The molecule has 1 aromatic carbocycles. The number of aliphatic hydroxyl groups is 1. The van der Waals surface area contributed by atoms with Gasteiger partial charge in [-0.25, -0.2) is 0 Å². The summed E-state index contributed by atoms with van der Waals surface area (Å²) in [4.78, 5) is 21.1. The van der Waals surface area contributed by atoms with Crippen LogP contribution in [0.15, 0.2) is 35.5 Å². The van der Waals surface area contributed by atoms with E-state index in [2.05, 4.69) is 23.2 Å². The van der Waals surface area contributed by atoms with Crippen molar-refractivity contribution >= 4 is 11.7 Å². The number of fused-ring (bicyclic) bond motifs is 2. The average molecular weight is 348 g/mol. The number of rotatable bonds is 4. The van der Waals surface area contributed by atoms with Gasteiger partial charge in [-0.15, -0.1) is 0 Å². The average Bonchev–Trinajstić information content (AvgIpc) is 3.41. The SMILES string of the molecule is O=C1Cc2cc3c(cc2C(CCO)O1)C(c1ccnc(C2CC2)c1)=NC3. The molecule has 1 unspecified atom stereocenters. The zero-order valence-corrected chi connectivity index (χ0v) is 14.4. The highest BCUT2D eigenvalue weighted by Crippen LogP contribution is 2.40. The van der Waals surface area contributed by atoms with Gasteiger partial charge in [0.25, 0.3) is 0 Å². The van der Waals surface area contributed by atoms with Crippen LogP contribution in [0.2, 0.25) is 0 Å². The summed E-state index contributed by atoms with van der Waals surface area (Å²) in [6.45, 7) is 0.628. The Kier molecular flexibility index (Phi) is 3.64. The van der Waals surface area contributed by atoms with Gasteiger partial charge < -0.3 is 9.84 Å². The molecule has 1 aliphatic carbocycles. The first-order valence-electron chi connectivity index (χ1n) is 9.20. The summed E-state index contributed by atoms with van der Waals surface area (Å²) >= 11 is 0. The summed E-state index contributed by atoms with van der Waals surface area (Å²) in [6, 6.07) is 8.39. The largest absolute Gasteiger partial charge is 0.457 e. The number of hydrogen-bond acceptors (Lipinski definition) is 5. The number of aliphatic hydroxyl groups excluding tert-OH is 1. The minimum atomic E-state index is -0.372. The van der Waals surface area contributed by atoms with Crippen molar-refractivity contribution in [2.24, 2.45) is 4.99 Å². The van der Waals surface area contributed by atoms with Gasteiger partial charge in [0.05, 0.1) is 18.7 Å². The summed E-state index contributed by atoms with van der Waals surface area (Å²) in [5, 5.41) is 9.32. The molecule has 5 heteroatoms. The first kappa shape index (κ1) is 15.7. The van der Waals surface area contributed by atoms with E-state index in [9.17, 15) is 9.90 Å². The molecule has 2 aliphatic heterocycles. The summed E-state index contributed by atoms with van der Waals surface area (Å²) in [6.07, 6.45) is 4.66. The Balaban J connectivity index is 1.55. The molecule has 2 aromatic rings. The standard InChI is InChI=1S/C21H20N2O3/c24-6-4-19-16-10-17-15(7-14(16)9-20(25)26-19)11-23-21(17)13-3-5-22-18(8-13)12-1-2-12/h3,5,7-8,10,12,19,24H,1-2,4,6,9,11H2. The molecule has 1 atom stereocenters. The fraction of sp³-hybridized carbons (Fsp3) is 0.381. The number of esters is 1. The number of cyclic esters (lactones) is 1. The van der Waals surface area contributed by atoms with Gasteiger partial charge in [0.1, 0.15) is 6.10 Å². The highest BCUT2D eigenvalue weighted by atomic mass is 16.5. The van der Waals surface area contributed by atoms with Crippen LogP contribution in [0.3, 0.4) is 0 Å². The van der Waals surface area contributed by atoms with Gasteiger partial charge in [-0.05, 0) is 47.7 Å². The number of hydrogen-bond donors (Lipinski definition) is 1. The van der Waals surface area contributed by atoms with Crippen LogP contribution < -0.4 is 0 Å². The molecule has 132 valence electrons. The molecule has 3 heterocycles.